The molecule has 3 rings (SSSR count). The molecular formula is C20H18Cl2FN3O3. The van der Waals surface area contributed by atoms with Crippen LogP contribution in [0.15, 0.2) is 55.0 Å². The number of halogens is 3. The van der Waals surface area contributed by atoms with Crippen LogP contribution >= 0.6 is 24.0 Å². The fourth-order valence-corrected chi connectivity index (χ4v) is 2.81. The van der Waals surface area contributed by atoms with Gasteiger partial charge in [0.15, 0.2) is 5.82 Å². The lowest BCUT2D eigenvalue weighted by Crippen LogP contribution is -2.26. The van der Waals surface area contributed by atoms with E-state index in [1.54, 1.807) is 36.7 Å². The molecule has 0 saturated heterocycles. The molecule has 152 valence electrons. The van der Waals surface area contributed by atoms with Gasteiger partial charge in [0.25, 0.3) is 5.88 Å². The summed E-state index contributed by atoms with van der Waals surface area (Å²) in [5.74, 6) is -1.32. The van der Waals surface area contributed by atoms with Gasteiger partial charge in [-0.25, -0.2) is 9.37 Å². The van der Waals surface area contributed by atoms with E-state index in [9.17, 15) is 9.18 Å². The molecule has 1 aromatic carbocycles. The van der Waals surface area contributed by atoms with Crippen molar-refractivity contribution in [2.24, 2.45) is 5.73 Å². The van der Waals surface area contributed by atoms with Crippen molar-refractivity contribution in [1.82, 2.24) is 9.97 Å². The first-order valence-corrected chi connectivity index (χ1v) is 8.79. The fraction of sp³-hybridized carbons (Fsp3) is 0.150. The Kier molecular flexibility index (Phi) is 7.90. The monoisotopic (exact) mass is 437 g/mol. The van der Waals surface area contributed by atoms with Crippen LogP contribution in [0, 0.1) is 5.82 Å². The highest BCUT2D eigenvalue weighted by molar-refractivity contribution is 6.30. The lowest BCUT2D eigenvalue weighted by Gasteiger charge is -2.10. The van der Waals surface area contributed by atoms with Crippen LogP contribution in [-0.2, 0) is 11.2 Å². The molecule has 0 bridgehead atoms. The molecule has 29 heavy (non-hydrogen) atoms. The zero-order valence-corrected chi connectivity index (χ0v) is 16.7. The molecule has 1 atom stereocenters. The number of aliphatic carboxylic acids is 1. The smallest absolute Gasteiger partial charge is 0.304 e. The second-order valence-electron chi connectivity index (χ2n) is 6.21. The van der Waals surface area contributed by atoms with Gasteiger partial charge in [0, 0.05) is 30.2 Å². The summed E-state index contributed by atoms with van der Waals surface area (Å²) in [5.41, 5.74) is 8.41. The van der Waals surface area contributed by atoms with Crippen molar-refractivity contribution in [2.45, 2.75) is 18.9 Å². The molecule has 0 spiro atoms. The Morgan fingerprint density at radius 3 is 2.55 bits per heavy atom. The lowest BCUT2D eigenvalue weighted by atomic mass is 10.0. The average Bonchev–Trinajstić information content (AvgIpc) is 2.64. The maximum atomic E-state index is 13.8. The van der Waals surface area contributed by atoms with Crippen LogP contribution in [0.5, 0.6) is 11.6 Å². The third-order valence-corrected chi connectivity index (χ3v) is 4.11. The molecule has 3 N–H and O–H groups in total. The van der Waals surface area contributed by atoms with E-state index in [1.165, 1.54) is 6.20 Å². The van der Waals surface area contributed by atoms with E-state index in [2.05, 4.69) is 9.97 Å². The number of rotatable bonds is 7. The first-order valence-electron chi connectivity index (χ1n) is 8.41. The van der Waals surface area contributed by atoms with Gasteiger partial charge in [-0.05, 0) is 41.8 Å². The minimum atomic E-state index is -0.932. The average molecular weight is 438 g/mol. The molecule has 0 aliphatic heterocycles. The van der Waals surface area contributed by atoms with E-state index < -0.39 is 17.8 Å². The van der Waals surface area contributed by atoms with Crippen LogP contribution in [0.2, 0.25) is 5.02 Å². The zero-order valence-electron chi connectivity index (χ0n) is 15.1. The molecule has 1 unspecified atom stereocenters. The molecule has 0 aliphatic carbocycles. The summed E-state index contributed by atoms with van der Waals surface area (Å²) in [5, 5.41) is 9.01. The Bertz CT molecular complexity index is 987. The van der Waals surface area contributed by atoms with Crippen molar-refractivity contribution in [3.8, 4) is 22.8 Å². The molecule has 0 saturated carbocycles. The summed E-state index contributed by atoms with van der Waals surface area (Å²) in [6.45, 7) is 0. The second-order valence-corrected chi connectivity index (χ2v) is 6.65. The van der Waals surface area contributed by atoms with Gasteiger partial charge in [0.2, 0.25) is 0 Å². The maximum Gasteiger partial charge on any atom is 0.304 e. The maximum absolute atomic E-state index is 13.8. The molecule has 6 nitrogen and oxygen atoms in total. The zero-order chi connectivity index (χ0) is 20.1. The normalized spacial score (nSPS) is 11.4. The van der Waals surface area contributed by atoms with Crippen molar-refractivity contribution in [2.75, 3.05) is 0 Å². The van der Waals surface area contributed by atoms with Crippen molar-refractivity contribution in [3.63, 3.8) is 0 Å². The number of benzene rings is 1. The summed E-state index contributed by atoms with van der Waals surface area (Å²) < 4.78 is 19.2. The standard InChI is InChI=1S/C20H17ClFN3O3.ClH/c21-15-7-18(22)20(25-11-15)28-17-3-1-13(2-4-17)14-5-12(9-24-10-14)6-16(23)8-19(26)27;/h1-5,7,9-11,16H,6,8,23H2,(H,26,27);1H. The van der Waals surface area contributed by atoms with Crippen molar-refractivity contribution >= 4 is 30.0 Å². The first kappa shape index (κ1) is 22.5. The lowest BCUT2D eigenvalue weighted by molar-refractivity contribution is -0.137. The van der Waals surface area contributed by atoms with E-state index in [-0.39, 0.29) is 29.7 Å². The molecular weight excluding hydrogens is 420 g/mol. The third-order valence-electron chi connectivity index (χ3n) is 3.91. The van der Waals surface area contributed by atoms with Crippen LogP contribution in [-0.4, -0.2) is 27.1 Å². The van der Waals surface area contributed by atoms with Crippen molar-refractivity contribution in [1.29, 1.82) is 0 Å². The highest BCUT2D eigenvalue weighted by Gasteiger charge is 2.11. The quantitative estimate of drug-likeness (QED) is 0.564. The van der Waals surface area contributed by atoms with E-state index in [1.807, 2.05) is 6.07 Å². The van der Waals surface area contributed by atoms with Gasteiger partial charge in [0.1, 0.15) is 5.75 Å². The molecule has 0 aliphatic rings. The summed E-state index contributed by atoms with van der Waals surface area (Å²) in [7, 11) is 0. The molecule has 0 fully saturated rings. The molecule has 3 aromatic rings. The number of nitrogens with two attached hydrogens (primary N) is 1. The number of hydrogen-bond acceptors (Lipinski definition) is 5. The molecule has 0 radical (unpaired) electrons. The van der Waals surface area contributed by atoms with Crippen molar-refractivity contribution in [3.05, 3.63) is 71.4 Å². The second kappa shape index (κ2) is 10.2. The van der Waals surface area contributed by atoms with E-state index in [0.717, 1.165) is 22.8 Å². The molecule has 2 aromatic heterocycles. The SMILES string of the molecule is Cl.NC(CC(=O)O)Cc1cncc(-c2ccc(Oc3ncc(Cl)cc3F)cc2)c1. The van der Waals surface area contributed by atoms with Gasteiger partial charge < -0.3 is 15.6 Å². The number of carbonyl (C=O) groups is 1. The first-order chi connectivity index (χ1) is 13.4. The Morgan fingerprint density at radius 2 is 1.90 bits per heavy atom. The summed E-state index contributed by atoms with van der Waals surface area (Å²) >= 11 is 5.68. The van der Waals surface area contributed by atoms with E-state index >= 15 is 0 Å². The number of nitrogens with zero attached hydrogens (tertiary/aromatic N) is 2. The number of carboxylic acid groups (broad SMARTS) is 1. The Morgan fingerprint density at radius 1 is 1.17 bits per heavy atom. The van der Waals surface area contributed by atoms with Gasteiger partial charge in [-0.1, -0.05) is 23.7 Å². The van der Waals surface area contributed by atoms with Crippen molar-refractivity contribution < 1.29 is 19.0 Å². The number of aromatic nitrogens is 2. The van der Waals surface area contributed by atoms with Gasteiger partial charge in [-0.15, -0.1) is 12.4 Å². The van der Waals surface area contributed by atoms with Crippen LogP contribution < -0.4 is 10.5 Å². The largest absolute Gasteiger partial charge is 0.481 e. The predicted octanol–water partition coefficient (Wildman–Crippen LogP) is 4.49. The molecule has 2 heterocycles. The topological polar surface area (TPSA) is 98.3 Å². The minimum absolute atomic E-state index is 0. The number of carboxylic acids is 1. The highest BCUT2D eigenvalue weighted by Crippen LogP contribution is 2.27. The summed E-state index contributed by atoms with van der Waals surface area (Å²) in [6.07, 6.45) is 4.97. The van der Waals surface area contributed by atoms with Gasteiger partial charge in [0.05, 0.1) is 11.4 Å². The predicted molar refractivity (Wildman–Crippen MR) is 110 cm³/mol. The van der Waals surface area contributed by atoms with Crippen LogP contribution in [0.1, 0.15) is 12.0 Å². The number of pyridine rings is 2. The van der Waals surface area contributed by atoms with Crippen LogP contribution in [0.4, 0.5) is 4.39 Å². The molecule has 0 amide bonds. The summed E-state index contributed by atoms with van der Waals surface area (Å²) in [6, 6.07) is 9.55. The molecule has 9 heteroatoms. The van der Waals surface area contributed by atoms with Crippen LogP contribution in [0.25, 0.3) is 11.1 Å². The Labute approximate surface area is 177 Å². The van der Waals surface area contributed by atoms with Crippen LogP contribution in [0.3, 0.4) is 0 Å². The van der Waals surface area contributed by atoms with Gasteiger partial charge in [-0.3, -0.25) is 9.78 Å². The van der Waals surface area contributed by atoms with Gasteiger partial charge in [-0.2, -0.15) is 0 Å². The number of hydrogen-bond donors (Lipinski definition) is 2. The number of ether oxygens (including phenoxy) is 1. The third kappa shape index (κ3) is 6.39. The van der Waals surface area contributed by atoms with E-state index in [4.69, 9.17) is 27.2 Å². The Hall–Kier alpha value is -2.74. The fourth-order valence-electron chi connectivity index (χ4n) is 2.66. The minimum Gasteiger partial charge on any atom is -0.481 e. The van der Waals surface area contributed by atoms with E-state index in [0.29, 0.717) is 12.2 Å². The Balaban J connectivity index is 0.00000300. The summed E-state index contributed by atoms with van der Waals surface area (Å²) in [4.78, 5) is 18.8. The highest BCUT2D eigenvalue weighted by atomic mass is 35.5. The van der Waals surface area contributed by atoms with Gasteiger partial charge >= 0.3 is 5.97 Å².